The Balaban J connectivity index is 2.77. The number of nitrogens with two attached hydrogens (primary N) is 1. The monoisotopic (exact) mass is 200 g/mol. The van der Waals surface area contributed by atoms with Crippen molar-refractivity contribution in [3.05, 3.63) is 11.6 Å². The van der Waals surface area contributed by atoms with Crippen molar-refractivity contribution in [3.8, 4) is 0 Å². The summed E-state index contributed by atoms with van der Waals surface area (Å²) in [4.78, 5) is 21.3. The van der Waals surface area contributed by atoms with Crippen LogP contribution in [0.4, 0.5) is 0 Å². The third kappa shape index (κ3) is 1.91. The van der Waals surface area contributed by atoms with Crippen molar-refractivity contribution in [2.75, 3.05) is 0 Å². The van der Waals surface area contributed by atoms with Crippen molar-refractivity contribution in [3.63, 3.8) is 0 Å². The van der Waals surface area contributed by atoms with Gasteiger partial charge in [-0.2, -0.15) is 0 Å². The van der Waals surface area contributed by atoms with Gasteiger partial charge in [-0.25, -0.2) is 4.79 Å². The van der Waals surface area contributed by atoms with E-state index in [2.05, 4.69) is 5.32 Å². The first-order valence-electron chi connectivity index (χ1n) is 4.09. The highest BCUT2D eigenvalue weighted by Crippen LogP contribution is 2.19. The Labute approximate surface area is 80.4 Å². The Kier molecular flexibility index (Phi) is 2.87. The van der Waals surface area contributed by atoms with Gasteiger partial charge in [0.15, 0.2) is 0 Å². The summed E-state index contributed by atoms with van der Waals surface area (Å²) in [6.45, 7) is 1.28. The molecule has 6 nitrogen and oxygen atoms in total. The number of rotatable bonds is 2. The molecule has 0 aromatic heterocycles. The minimum atomic E-state index is -1.24. The molecule has 3 unspecified atom stereocenters. The zero-order valence-corrected chi connectivity index (χ0v) is 7.60. The summed E-state index contributed by atoms with van der Waals surface area (Å²) in [6, 6.07) is -1.42. The minimum Gasteiger partial charge on any atom is -0.478 e. The quantitative estimate of drug-likeness (QED) is 0.420. The highest BCUT2D eigenvalue weighted by Gasteiger charge is 2.37. The van der Waals surface area contributed by atoms with Crippen LogP contribution in [0, 0.1) is 0 Å². The van der Waals surface area contributed by atoms with Crippen LogP contribution in [0.5, 0.6) is 0 Å². The Morgan fingerprint density at radius 3 is 2.50 bits per heavy atom. The molecule has 78 valence electrons. The fourth-order valence-electron chi connectivity index (χ4n) is 1.42. The van der Waals surface area contributed by atoms with Crippen molar-refractivity contribution in [1.82, 2.24) is 5.32 Å². The molecule has 0 saturated carbocycles. The van der Waals surface area contributed by atoms with Crippen LogP contribution in [0.25, 0.3) is 0 Å². The Morgan fingerprint density at radius 1 is 1.57 bits per heavy atom. The molecule has 1 aliphatic rings. The number of nitrogens with one attached hydrogen (secondary N) is 1. The standard InChI is InChI=1S/C8H12N2O4/c1-3(11)10-6-5(9)2-4(7(6)12)8(13)14/h2,5-7,12H,9H2,1H3,(H,10,11)(H,13,14). The van der Waals surface area contributed by atoms with Gasteiger partial charge in [0, 0.05) is 13.0 Å². The van der Waals surface area contributed by atoms with Gasteiger partial charge in [-0.05, 0) is 0 Å². The average molecular weight is 200 g/mol. The van der Waals surface area contributed by atoms with Gasteiger partial charge < -0.3 is 21.3 Å². The molecule has 5 N–H and O–H groups in total. The molecule has 0 radical (unpaired) electrons. The van der Waals surface area contributed by atoms with Gasteiger partial charge in [-0.3, -0.25) is 4.79 Å². The number of hydrogen-bond acceptors (Lipinski definition) is 4. The molecule has 1 amide bonds. The first-order valence-corrected chi connectivity index (χ1v) is 4.09. The maximum absolute atomic E-state index is 10.7. The molecule has 3 atom stereocenters. The molecular weight excluding hydrogens is 188 g/mol. The van der Waals surface area contributed by atoms with Crippen LogP contribution in [0.3, 0.4) is 0 Å². The topological polar surface area (TPSA) is 113 Å². The molecule has 6 heteroatoms. The molecule has 0 spiro atoms. The second kappa shape index (κ2) is 3.77. The first kappa shape index (κ1) is 10.7. The van der Waals surface area contributed by atoms with Crippen LogP contribution in [0.2, 0.25) is 0 Å². The summed E-state index contributed by atoms with van der Waals surface area (Å²) in [7, 11) is 0. The Hall–Kier alpha value is -1.40. The van der Waals surface area contributed by atoms with Gasteiger partial charge in [-0.15, -0.1) is 0 Å². The first-order chi connectivity index (χ1) is 6.43. The van der Waals surface area contributed by atoms with Crippen LogP contribution in [-0.4, -0.2) is 40.3 Å². The number of carbonyl (C=O) groups excluding carboxylic acids is 1. The summed E-state index contributed by atoms with van der Waals surface area (Å²) in [6.07, 6.45) is -0.000417. The van der Waals surface area contributed by atoms with E-state index < -0.39 is 24.2 Å². The van der Waals surface area contributed by atoms with Crippen molar-refractivity contribution in [2.24, 2.45) is 5.73 Å². The van der Waals surface area contributed by atoms with Crippen molar-refractivity contribution >= 4 is 11.9 Å². The number of aliphatic hydroxyl groups excluding tert-OH is 1. The van der Waals surface area contributed by atoms with E-state index in [1.807, 2.05) is 0 Å². The number of carbonyl (C=O) groups is 2. The highest BCUT2D eigenvalue weighted by atomic mass is 16.4. The molecule has 1 aliphatic carbocycles. The molecule has 0 heterocycles. The lowest BCUT2D eigenvalue weighted by molar-refractivity contribution is -0.134. The molecule has 0 bridgehead atoms. The minimum absolute atomic E-state index is 0.170. The van der Waals surface area contributed by atoms with Gasteiger partial charge >= 0.3 is 5.97 Å². The van der Waals surface area contributed by atoms with Gasteiger partial charge in [0.2, 0.25) is 5.91 Å². The lowest BCUT2D eigenvalue weighted by atomic mass is 10.1. The molecular formula is C8H12N2O4. The molecule has 0 fully saturated rings. The highest BCUT2D eigenvalue weighted by molar-refractivity contribution is 5.89. The summed E-state index contributed by atoms with van der Waals surface area (Å²) in [5.41, 5.74) is 5.36. The zero-order chi connectivity index (χ0) is 10.9. The lowest BCUT2D eigenvalue weighted by Gasteiger charge is -2.20. The van der Waals surface area contributed by atoms with E-state index >= 15 is 0 Å². The van der Waals surface area contributed by atoms with E-state index in [1.165, 1.54) is 13.0 Å². The number of hydrogen-bond donors (Lipinski definition) is 4. The van der Waals surface area contributed by atoms with Crippen LogP contribution in [-0.2, 0) is 9.59 Å². The Morgan fingerprint density at radius 2 is 2.14 bits per heavy atom. The van der Waals surface area contributed by atoms with Crippen LogP contribution in [0.15, 0.2) is 11.6 Å². The van der Waals surface area contributed by atoms with E-state index in [9.17, 15) is 14.7 Å². The van der Waals surface area contributed by atoms with Gasteiger partial charge in [0.05, 0.1) is 11.6 Å². The van der Waals surface area contributed by atoms with Crippen LogP contribution < -0.4 is 11.1 Å². The van der Waals surface area contributed by atoms with Crippen molar-refractivity contribution in [1.29, 1.82) is 0 Å². The summed E-state index contributed by atoms with van der Waals surface area (Å²) in [5, 5.41) is 20.5. The second-order valence-electron chi connectivity index (χ2n) is 3.18. The van der Waals surface area contributed by atoms with E-state index in [-0.39, 0.29) is 11.5 Å². The molecule has 0 aliphatic heterocycles. The van der Waals surface area contributed by atoms with E-state index in [4.69, 9.17) is 10.8 Å². The fraction of sp³-hybridized carbons (Fsp3) is 0.500. The number of carboxylic acid groups (broad SMARTS) is 1. The summed E-state index contributed by atoms with van der Waals surface area (Å²) < 4.78 is 0. The number of aliphatic hydroxyl groups is 1. The third-order valence-electron chi connectivity index (χ3n) is 2.06. The molecule has 1 rings (SSSR count). The average Bonchev–Trinajstić information content (AvgIpc) is 2.31. The van der Waals surface area contributed by atoms with E-state index in [0.29, 0.717) is 0 Å². The summed E-state index contributed by atoms with van der Waals surface area (Å²) in [5.74, 6) is -1.58. The molecule has 14 heavy (non-hydrogen) atoms. The maximum atomic E-state index is 10.7. The van der Waals surface area contributed by atoms with E-state index in [0.717, 1.165) is 0 Å². The summed E-state index contributed by atoms with van der Waals surface area (Å²) >= 11 is 0. The van der Waals surface area contributed by atoms with Crippen LogP contribution >= 0.6 is 0 Å². The Bertz CT molecular complexity index is 300. The lowest BCUT2D eigenvalue weighted by Crippen LogP contribution is -2.50. The third-order valence-corrected chi connectivity index (χ3v) is 2.06. The van der Waals surface area contributed by atoms with E-state index in [1.54, 1.807) is 0 Å². The predicted octanol–water partition coefficient (Wildman–Crippen LogP) is -1.80. The van der Waals surface area contributed by atoms with Crippen LogP contribution in [0.1, 0.15) is 6.92 Å². The van der Waals surface area contributed by atoms with Crippen molar-refractivity contribution in [2.45, 2.75) is 25.1 Å². The SMILES string of the molecule is CC(=O)NC1C(N)C=C(C(=O)O)C1O. The number of amides is 1. The molecule has 0 aromatic rings. The molecule has 0 aromatic carbocycles. The predicted molar refractivity (Wildman–Crippen MR) is 47.3 cm³/mol. The zero-order valence-electron chi connectivity index (χ0n) is 7.60. The maximum Gasteiger partial charge on any atom is 0.334 e. The fourth-order valence-corrected chi connectivity index (χ4v) is 1.42. The smallest absolute Gasteiger partial charge is 0.334 e. The second-order valence-corrected chi connectivity index (χ2v) is 3.18. The normalized spacial score (nSPS) is 31.1. The van der Waals surface area contributed by atoms with Crippen molar-refractivity contribution < 1.29 is 19.8 Å². The largest absolute Gasteiger partial charge is 0.478 e. The number of carboxylic acids is 1. The van der Waals surface area contributed by atoms with Gasteiger partial charge in [0.1, 0.15) is 6.10 Å². The van der Waals surface area contributed by atoms with Gasteiger partial charge in [0.25, 0.3) is 0 Å². The van der Waals surface area contributed by atoms with Gasteiger partial charge in [-0.1, -0.05) is 6.08 Å². The molecule has 0 saturated heterocycles. The number of aliphatic carboxylic acids is 1.